The Morgan fingerprint density at radius 1 is 1.47 bits per heavy atom. The first-order valence-electron chi connectivity index (χ1n) is 5.05. The molecule has 19 heavy (non-hydrogen) atoms. The van der Waals surface area contributed by atoms with E-state index < -0.39 is 17.5 Å². The summed E-state index contributed by atoms with van der Waals surface area (Å²) in [6.07, 6.45) is 1.04. The first-order chi connectivity index (χ1) is 9.10. The summed E-state index contributed by atoms with van der Waals surface area (Å²) in [5.41, 5.74) is -0.436. The van der Waals surface area contributed by atoms with Gasteiger partial charge in [0.1, 0.15) is 22.8 Å². The van der Waals surface area contributed by atoms with Gasteiger partial charge in [-0.15, -0.1) is 0 Å². The van der Waals surface area contributed by atoms with Crippen molar-refractivity contribution in [3.63, 3.8) is 0 Å². The SMILES string of the molecule is CNC(=O)Nc1c(Nc2cc(F)ncn2)s[nH]c1=O. The Balaban J connectivity index is 2.26. The van der Waals surface area contributed by atoms with E-state index >= 15 is 0 Å². The number of hydrogen-bond donors (Lipinski definition) is 4. The lowest BCUT2D eigenvalue weighted by Gasteiger charge is -2.05. The van der Waals surface area contributed by atoms with Crippen LogP contribution in [0.3, 0.4) is 0 Å². The smallest absolute Gasteiger partial charge is 0.319 e. The zero-order valence-corrected chi connectivity index (χ0v) is 10.5. The van der Waals surface area contributed by atoms with Crippen LogP contribution in [0.2, 0.25) is 0 Å². The lowest BCUT2D eigenvalue weighted by atomic mass is 10.5. The number of urea groups is 1. The van der Waals surface area contributed by atoms with Gasteiger partial charge in [-0.3, -0.25) is 9.17 Å². The number of nitrogens with one attached hydrogen (secondary N) is 4. The Bertz CT molecular complexity index is 654. The van der Waals surface area contributed by atoms with Crippen LogP contribution in [0.4, 0.5) is 25.7 Å². The highest BCUT2D eigenvalue weighted by Gasteiger charge is 2.13. The molecule has 0 aliphatic carbocycles. The number of H-pyrrole nitrogens is 1. The minimum atomic E-state index is -0.707. The van der Waals surface area contributed by atoms with Crippen molar-refractivity contribution in [1.29, 1.82) is 0 Å². The average molecular weight is 284 g/mol. The Labute approximate surface area is 110 Å². The molecule has 0 unspecified atom stereocenters. The summed E-state index contributed by atoms with van der Waals surface area (Å²) in [4.78, 5) is 29.8. The quantitative estimate of drug-likeness (QED) is 0.625. The molecule has 0 saturated carbocycles. The Morgan fingerprint density at radius 2 is 2.26 bits per heavy atom. The maximum atomic E-state index is 12.9. The van der Waals surface area contributed by atoms with E-state index in [-0.39, 0.29) is 11.5 Å². The van der Waals surface area contributed by atoms with E-state index in [1.165, 1.54) is 7.05 Å². The van der Waals surface area contributed by atoms with Crippen molar-refractivity contribution >= 4 is 34.1 Å². The second-order valence-electron chi connectivity index (χ2n) is 3.29. The number of aromatic amines is 1. The Morgan fingerprint density at radius 3 is 2.95 bits per heavy atom. The van der Waals surface area contributed by atoms with Crippen molar-refractivity contribution in [1.82, 2.24) is 19.7 Å². The van der Waals surface area contributed by atoms with Crippen LogP contribution in [0.5, 0.6) is 0 Å². The van der Waals surface area contributed by atoms with Crippen LogP contribution in [-0.4, -0.2) is 27.4 Å². The standard InChI is InChI=1S/C9H9FN6O2S/c1-11-9(18)15-6-7(17)16-19-8(6)14-5-2-4(10)12-3-13-5/h2-3H,1H3,(H,16,17)(H2,11,15,18)(H,12,13,14). The van der Waals surface area contributed by atoms with Gasteiger partial charge in [0, 0.05) is 13.1 Å². The normalized spacial score (nSPS) is 10.0. The molecule has 2 aromatic rings. The van der Waals surface area contributed by atoms with Crippen molar-refractivity contribution in [3.05, 3.63) is 28.7 Å². The molecule has 8 nitrogen and oxygen atoms in total. The summed E-state index contributed by atoms with van der Waals surface area (Å²) < 4.78 is 15.3. The Hall–Kier alpha value is -2.49. The molecule has 0 atom stereocenters. The molecule has 0 saturated heterocycles. The number of halogens is 1. The first kappa shape index (κ1) is 13.0. The highest BCUT2D eigenvalue weighted by atomic mass is 32.1. The van der Waals surface area contributed by atoms with Crippen molar-refractivity contribution in [2.45, 2.75) is 0 Å². The molecule has 10 heteroatoms. The molecule has 0 bridgehead atoms. The molecule has 100 valence electrons. The van der Waals surface area contributed by atoms with Gasteiger partial charge in [-0.2, -0.15) is 4.39 Å². The molecule has 0 aliphatic heterocycles. The number of rotatable bonds is 3. The molecule has 0 spiro atoms. The number of hydrogen-bond acceptors (Lipinski definition) is 6. The molecule has 2 amide bonds. The molecule has 0 fully saturated rings. The fraction of sp³-hybridized carbons (Fsp3) is 0.111. The van der Waals surface area contributed by atoms with Gasteiger partial charge < -0.3 is 16.0 Å². The van der Waals surface area contributed by atoms with E-state index in [9.17, 15) is 14.0 Å². The van der Waals surface area contributed by atoms with E-state index in [1.807, 2.05) is 0 Å². The molecule has 4 N–H and O–H groups in total. The third kappa shape index (κ3) is 3.04. The second kappa shape index (κ2) is 5.44. The summed E-state index contributed by atoms with van der Waals surface area (Å²) in [7, 11) is 1.42. The van der Waals surface area contributed by atoms with Crippen molar-refractivity contribution in [2.24, 2.45) is 0 Å². The fourth-order valence-electron chi connectivity index (χ4n) is 1.20. The minimum absolute atomic E-state index is 0.0309. The maximum absolute atomic E-state index is 12.9. The Kier molecular flexibility index (Phi) is 3.71. The molecule has 2 rings (SSSR count). The van der Waals surface area contributed by atoms with Crippen LogP contribution >= 0.6 is 11.5 Å². The monoisotopic (exact) mass is 284 g/mol. The van der Waals surface area contributed by atoms with Gasteiger partial charge in [-0.1, -0.05) is 0 Å². The molecule has 2 aromatic heterocycles. The van der Waals surface area contributed by atoms with E-state index in [4.69, 9.17) is 0 Å². The zero-order valence-electron chi connectivity index (χ0n) is 9.65. The molecular formula is C9H9FN6O2S. The van der Waals surface area contributed by atoms with E-state index in [0.717, 1.165) is 23.9 Å². The van der Waals surface area contributed by atoms with Crippen LogP contribution in [0.15, 0.2) is 17.2 Å². The summed E-state index contributed by atoms with van der Waals surface area (Å²) in [6, 6.07) is 0.522. The molecule has 0 aromatic carbocycles. The molecule has 0 radical (unpaired) electrons. The van der Waals surface area contributed by atoms with E-state index in [1.54, 1.807) is 0 Å². The third-order valence-corrected chi connectivity index (χ3v) is 2.84. The number of amides is 2. The van der Waals surface area contributed by atoms with Crippen LogP contribution in [0.1, 0.15) is 0 Å². The van der Waals surface area contributed by atoms with Gasteiger partial charge in [0.2, 0.25) is 5.95 Å². The minimum Gasteiger partial charge on any atom is -0.341 e. The van der Waals surface area contributed by atoms with Gasteiger partial charge in [0.05, 0.1) is 0 Å². The van der Waals surface area contributed by atoms with Crippen molar-refractivity contribution < 1.29 is 9.18 Å². The van der Waals surface area contributed by atoms with E-state index in [0.29, 0.717) is 5.00 Å². The van der Waals surface area contributed by atoms with Crippen molar-refractivity contribution in [3.8, 4) is 0 Å². The number of carbonyl (C=O) groups is 1. The van der Waals surface area contributed by atoms with Gasteiger partial charge in [-0.25, -0.2) is 14.8 Å². The second-order valence-corrected chi connectivity index (χ2v) is 4.11. The summed E-state index contributed by atoms with van der Waals surface area (Å²) in [5.74, 6) is -0.538. The van der Waals surface area contributed by atoms with E-state index in [2.05, 4.69) is 30.3 Å². The van der Waals surface area contributed by atoms with Gasteiger partial charge in [-0.05, 0) is 11.5 Å². The summed E-state index contributed by atoms with van der Waals surface area (Å²) >= 11 is 0.955. The van der Waals surface area contributed by atoms with Crippen LogP contribution in [0.25, 0.3) is 0 Å². The van der Waals surface area contributed by atoms with Gasteiger partial charge >= 0.3 is 6.03 Å². The van der Waals surface area contributed by atoms with Gasteiger partial charge in [0.25, 0.3) is 5.56 Å². The average Bonchev–Trinajstić information content (AvgIpc) is 2.71. The summed E-state index contributed by atoms with van der Waals surface area (Å²) in [5, 5.41) is 7.71. The lowest BCUT2D eigenvalue weighted by molar-refractivity contribution is 0.254. The van der Waals surface area contributed by atoms with Crippen LogP contribution in [0, 0.1) is 5.95 Å². The third-order valence-electron chi connectivity index (χ3n) is 2.04. The zero-order chi connectivity index (χ0) is 13.8. The first-order valence-corrected chi connectivity index (χ1v) is 5.86. The predicted molar refractivity (Wildman–Crippen MR) is 68.3 cm³/mol. The molecular weight excluding hydrogens is 275 g/mol. The van der Waals surface area contributed by atoms with Crippen molar-refractivity contribution in [2.75, 3.05) is 17.7 Å². The summed E-state index contributed by atoms with van der Waals surface area (Å²) in [6.45, 7) is 0. The number of aromatic nitrogens is 3. The number of nitrogens with zero attached hydrogens (tertiary/aromatic N) is 2. The molecule has 0 aliphatic rings. The molecule has 2 heterocycles. The predicted octanol–water partition coefficient (Wildman–Crippen LogP) is 0.860. The highest BCUT2D eigenvalue weighted by molar-refractivity contribution is 7.11. The number of carbonyl (C=O) groups excluding carboxylic acids is 1. The largest absolute Gasteiger partial charge is 0.341 e. The maximum Gasteiger partial charge on any atom is 0.319 e. The fourth-order valence-corrected chi connectivity index (χ4v) is 1.90. The van der Waals surface area contributed by atoms with Crippen LogP contribution < -0.4 is 21.5 Å². The highest BCUT2D eigenvalue weighted by Crippen LogP contribution is 2.25. The lowest BCUT2D eigenvalue weighted by Crippen LogP contribution is -2.27. The van der Waals surface area contributed by atoms with Crippen LogP contribution in [-0.2, 0) is 0 Å². The number of anilines is 3. The topological polar surface area (TPSA) is 112 Å². The van der Waals surface area contributed by atoms with Gasteiger partial charge in [0.15, 0.2) is 0 Å².